The van der Waals surface area contributed by atoms with Gasteiger partial charge in [0.05, 0.1) is 12.6 Å². The summed E-state index contributed by atoms with van der Waals surface area (Å²) in [6, 6.07) is 5.20. The highest BCUT2D eigenvalue weighted by Crippen LogP contribution is 2.43. The van der Waals surface area contributed by atoms with Gasteiger partial charge in [-0.05, 0) is 33.4 Å². The molecule has 0 aliphatic carbocycles. The molecular formula is C15H21NO4. The van der Waals surface area contributed by atoms with Gasteiger partial charge in [0.25, 0.3) is 0 Å². The van der Waals surface area contributed by atoms with E-state index < -0.39 is 23.7 Å². The number of carboxylic acids is 1. The number of hydrogen-bond donors (Lipinski definition) is 2. The summed E-state index contributed by atoms with van der Waals surface area (Å²) in [5, 5.41) is 19.6. The molecule has 5 nitrogen and oxygen atoms in total. The predicted molar refractivity (Wildman–Crippen MR) is 74.9 cm³/mol. The van der Waals surface area contributed by atoms with E-state index in [9.17, 15) is 9.90 Å². The molecule has 2 atom stereocenters. The standard InChI is InChI=1S/C15H21NO4/c1-9-6-5-7-10-12(19)14(16(4)8-11(17)18)15(2,3)20-13(9)10/h5-7,12,14,19H,8H2,1-4H3,(H,17,18). The highest BCUT2D eigenvalue weighted by atomic mass is 16.5. The highest BCUT2D eigenvalue weighted by molar-refractivity contribution is 5.69. The molecule has 1 aromatic carbocycles. The molecule has 0 fully saturated rings. The van der Waals surface area contributed by atoms with E-state index in [1.807, 2.05) is 39.0 Å². The second-order valence-corrected chi connectivity index (χ2v) is 5.90. The van der Waals surface area contributed by atoms with Gasteiger partial charge in [0.2, 0.25) is 0 Å². The van der Waals surface area contributed by atoms with Crippen LogP contribution in [0, 0.1) is 6.92 Å². The van der Waals surface area contributed by atoms with Gasteiger partial charge < -0.3 is 14.9 Å². The van der Waals surface area contributed by atoms with Crippen LogP contribution in [0.1, 0.15) is 31.1 Å². The van der Waals surface area contributed by atoms with E-state index in [0.29, 0.717) is 11.3 Å². The van der Waals surface area contributed by atoms with Crippen LogP contribution < -0.4 is 4.74 Å². The van der Waals surface area contributed by atoms with Crippen LogP contribution in [-0.4, -0.2) is 46.3 Å². The van der Waals surface area contributed by atoms with Crippen molar-refractivity contribution in [3.05, 3.63) is 29.3 Å². The Hall–Kier alpha value is -1.59. The van der Waals surface area contributed by atoms with Crippen molar-refractivity contribution in [1.29, 1.82) is 0 Å². The molecule has 0 bridgehead atoms. The first-order valence-corrected chi connectivity index (χ1v) is 6.62. The maximum absolute atomic E-state index is 10.9. The van der Waals surface area contributed by atoms with Gasteiger partial charge in [-0.15, -0.1) is 0 Å². The lowest BCUT2D eigenvalue weighted by Crippen LogP contribution is -2.57. The topological polar surface area (TPSA) is 70.0 Å². The van der Waals surface area contributed by atoms with Crippen LogP contribution in [0.3, 0.4) is 0 Å². The Kier molecular flexibility index (Phi) is 3.75. The maximum Gasteiger partial charge on any atom is 0.317 e. The molecule has 1 aliphatic rings. The van der Waals surface area contributed by atoms with Gasteiger partial charge in [-0.3, -0.25) is 9.69 Å². The molecule has 0 radical (unpaired) electrons. The molecule has 2 rings (SSSR count). The number of carbonyl (C=O) groups is 1. The van der Waals surface area contributed by atoms with E-state index in [4.69, 9.17) is 9.84 Å². The normalized spacial score (nSPS) is 24.1. The van der Waals surface area contributed by atoms with Gasteiger partial charge in [0.15, 0.2) is 0 Å². The summed E-state index contributed by atoms with van der Waals surface area (Å²) < 4.78 is 6.04. The number of benzene rings is 1. The number of likely N-dealkylation sites (N-methyl/N-ethyl adjacent to an activating group) is 1. The van der Waals surface area contributed by atoms with Crippen LogP contribution in [0.5, 0.6) is 5.75 Å². The lowest BCUT2D eigenvalue weighted by atomic mass is 9.84. The second-order valence-electron chi connectivity index (χ2n) is 5.90. The first-order chi connectivity index (χ1) is 9.24. The van der Waals surface area contributed by atoms with Crippen molar-refractivity contribution in [3.63, 3.8) is 0 Å². The molecular weight excluding hydrogens is 258 g/mol. The molecule has 2 N–H and O–H groups in total. The molecule has 2 unspecified atom stereocenters. The minimum Gasteiger partial charge on any atom is -0.485 e. The molecule has 0 spiro atoms. The molecule has 0 amide bonds. The first-order valence-electron chi connectivity index (χ1n) is 6.62. The molecule has 1 aromatic rings. The zero-order valence-electron chi connectivity index (χ0n) is 12.3. The van der Waals surface area contributed by atoms with Crippen molar-refractivity contribution in [3.8, 4) is 5.75 Å². The molecule has 1 aliphatic heterocycles. The van der Waals surface area contributed by atoms with Crippen LogP contribution in [0.25, 0.3) is 0 Å². The number of aliphatic carboxylic acids is 1. The smallest absolute Gasteiger partial charge is 0.317 e. The number of hydrogen-bond acceptors (Lipinski definition) is 4. The van der Waals surface area contributed by atoms with Gasteiger partial charge >= 0.3 is 5.97 Å². The Morgan fingerprint density at radius 1 is 1.45 bits per heavy atom. The number of para-hydroxylation sites is 1. The molecule has 110 valence electrons. The zero-order valence-corrected chi connectivity index (χ0v) is 12.3. The Morgan fingerprint density at radius 3 is 2.70 bits per heavy atom. The van der Waals surface area contributed by atoms with E-state index >= 15 is 0 Å². The Balaban J connectivity index is 2.42. The van der Waals surface area contributed by atoms with Gasteiger partial charge in [0, 0.05) is 5.56 Å². The number of aryl methyl sites for hydroxylation is 1. The van der Waals surface area contributed by atoms with Gasteiger partial charge in [-0.25, -0.2) is 0 Å². The zero-order chi connectivity index (χ0) is 15.1. The predicted octanol–water partition coefficient (Wildman–Crippen LogP) is 1.58. The molecule has 0 saturated heterocycles. The minimum atomic E-state index is -0.925. The van der Waals surface area contributed by atoms with E-state index in [-0.39, 0.29) is 6.54 Å². The number of nitrogens with zero attached hydrogens (tertiary/aromatic N) is 1. The SMILES string of the molecule is Cc1cccc2c1OC(C)(C)C(N(C)CC(=O)O)C2O. The van der Waals surface area contributed by atoms with Gasteiger partial charge in [-0.1, -0.05) is 18.2 Å². The number of aliphatic hydroxyl groups is 1. The summed E-state index contributed by atoms with van der Waals surface area (Å²) in [6.07, 6.45) is -0.780. The summed E-state index contributed by atoms with van der Waals surface area (Å²) in [5.41, 5.74) is 1.00. The third-order valence-corrected chi connectivity index (χ3v) is 3.80. The average molecular weight is 279 g/mol. The largest absolute Gasteiger partial charge is 0.485 e. The molecule has 0 saturated carbocycles. The second kappa shape index (κ2) is 5.07. The summed E-state index contributed by atoms with van der Waals surface area (Å²) in [6.45, 7) is 5.53. The molecule has 0 aromatic heterocycles. The lowest BCUT2D eigenvalue weighted by Gasteiger charge is -2.47. The van der Waals surface area contributed by atoms with Crippen molar-refractivity contribution >= 4 is 5.97 Å². The van der Waals surface area contributed by atoms with Crippen molar-refractivity contribution in [2.24, 2.45) is 0 Å². The van der Waals surface area contributed by atoms with Crippen molar-refractivity contribution in [2.45, 2.75) is 38.5 Å². The van der Waals surface area contributed by atoms with Crippen LogP contribution in [-0.2, 0) is 4.79 Å². The summed E-state index contributed by atoms with van der Waals surface area (Å²) in [4.78, 5) is 12.5. The third kappa shape index (κ3) is 2.51. The quantitative estimate of drug-likeness (QED) is 0.879. The summed E-state index contributed by atoms with van der Waals surface area (Å²) >= 11 is 0. The fourth-order valence-electron chi connectivity index (χ4n) is 3.00. The van der Waals surface area contributed by atoms with Crippen molar-refractivity contribution in [1.82, 2.24) is 4.90 Å². The molecule has 1 heterocycles. The summed E-state index contributed by atoms with van der Waals surface area (Å²) in [7, 11) is 1.69. The van der Waals surface area contributed by atoms with Crippen LogP contribution in [0.2, 0.25) is 0 Å². The summed E-state index contributed by atoms with van der Waals surface area (Å²) in [5.74, 6) is -0.226. The van der Waals surface area contributed by atoms with Crippen LogP contribution >= 0.6 is 0 Å². The van der Waals surface area contributed by atoms with Gasteiger partial charge in [0.1, 0.15) is 17.5 Å². The first kappa shape index (κ1) is 14.8. The third-order valence-electron chi connectivity index (χ3n) is 3.80. The lowest BCUT2D eigenvalue weighted by molar-refractivity contribution is -0.142. The van der Waals surface area contributed by atoms with Crippen molar-refractivity contribution < 1.29 is 19.7 Å². The van der Waals surface area contributed by atoms with Crippen LogP contribution in [0.4, 0.5) is 0 Å². The Bertz CT molecular complexity index is 527. The molecule has 20 heavy (non-hydrogen) atoms. The number of aliphatic hydroxyl groups excluding tert-OH is 1. The number of ether oxygens (including phenoxy) is 1. The fourth-order valence-corrected chi connectivity index (χ4v) is 3.00. The number of carboxylic acid groups (broad SMARTS) is 1. The number of rotatable bonds is 3. The minimum absolute atomic E-state index is 0.143. The highest BCUT2D eigenvalue weighted by Gasteiger charge is 2.46. The van der Waals surface area contributed by atoms with Crippen molar-refractivity contribution in [2.75, 3.05) is 13.6 Å². The molecule has 5 heteroatoms. The van der Waals surface area contributed by atoms with E-state index in [1.165, 1.54) is 0 Å². The van der Waals surface area contributed by atoms with Crippen LogP contribution in [0.15, 0.2) is 18.2 Å². The fraction of sp³-hybridized carbons (Fsp3) is 0.533. The van der Waals surface area contributed by atoms with E-state index in [0.717, 1.165) is 5.56 Å². The average Bonchev–Trinajstić information content (AvgIpc) is 2.28. The van der Waals surface area contributed by atoms with E-state index in [1.54, 1.807) is 11.9 Å². The Morgan fingerprint density at radius 2 is 2.10 bits per heavy atom. The monoisotopic (exact) mass is 279 g/mol. The maximum atomic E-state index is 10.9. The number of fused-ring (bicyclic) bond motifs is 1. The Labute approximate surface area is 118 Å². The van der Waals surface area contributed by atoms with E-state index in [2.05, 4.69) is 0 Å². The van der Waals surface area contributed by atoms with Gasteiger partial charge in [-0.2, -0.15) is 0 Å².